The summed E-state index contributed by atoms with van der Waals surface area (Å²) < 4.78 is 1.92. The summed E-state index contributed by atoms with van der Waals surface area (Å²) in [5.41, 5.74) is 2.77. The molecule has 3 aliphatic rings. The first-order chi connectivity index (χ1) is 16.5. The first-order valence-electron chi connectivity index (χ1n) is 11.9. The van der Waals surface area contributed by atoms with Crippen molar-refractivity contribution in [3.05, 3.63) is 41.5 Å². The number of carbonyl (C=O) groups excluding carboxylic acids is 1. The van der Waals surface area contributed by atoms with Crippen LogP contribution in [0.3, 0.4) is 0 Å². The third-order valence-electron chi connectivity index (χ3n) is 7.26. The number of hydrogen-bond acceptors (Lipinski definition) is 6. The van der Waals surface area contributed by atoms with Crippen LogP contribution < -0.4 is 10.2 Å². The Bertz CT molecular complexity index is 1110. The number of halogens is 2. The van der Waals surface area contributed by atoms with Crippen LogP contribution in [-0.4, -0.2) is 81.2 Å². The van der Waals surface area contributed by atoms with Gasteiger partial charge in [0.15, 0.2) is 0 Å². The van der Waals surface area contributed by atoms with Crippen LogP contribution in [0.5, 0.6) is 0 Å². The molecule has 2 fully saturated rings. The summed E-state index contributed by atoms with van der Waals surface area (Å²) in [7, 11) is 0. The number of allylic oxidation sites excluding steroid dienone is 4. The van der Waals surface area contributed by atoms with E-state index in [1.54, 1.807) is 0 Å². The zero-order valence-electron chi connectivity index (χ0n) is 19.1. The molecule has 10 heteroatoms. The maximum Gasteiger partial charge on any atom is 0.240 e. The third-order valence-corrected chi connectivity index (χ3v) is 7.93. The van der Waals surface area contributed by atoms with E-state index in [2.05, 4.69) is 33.5 Å². The zero-order valence-corrected chi connectivity index (χ0v) is 20.7. The minimum atomic E-state index is -0.234. The molecule has 1 aliphatic carbocycles. The number of alkyl halides is 1. The number of amides is 1. The Morgan fingerprint density at radius 2 is 2.21 bits per heavy atom. The van der Waals surface area contributed by atoms with E-state index >= 15 is 0 Å². The predicted octanol–water partition coefficient (Wildman–Crippen LogP) is 2.67. The molecule has 5 rings (SSSR count). The Morgan fingerprint density at radius 3 is 2.94 bits per heavy atom. The second-order valence-corrected chi connectivity index (χ2v) is 10.3. The zero-order chi connectivity index (χ0) is 23.8. The smallest absolute Gasteiger partial charge is 0.240 e. The van der Waals surface area contributed by atoms with Crippen LogP contribution in [0.4, 0.5) is 5.69 Å². The van der Waals surface area contributed by atoms with E-state index in [4.69, 9.17) is 23.2 Å². The monoisotopic (exact) mass is 504 g/mol. The number of benzene rings is 1. The molecule has 34 heavy (non-hydrogen) atoms. The Labute approximate surface area is 209 Å². The summed E-state index contributed by atoms with van der Waals surface area (Å²) in [6.45, 7) is 4.77. The van der Waals surface area contributed by atoms with Gasteiger partial charge in [0.2, 0.25) is 5.91 Å². The maximum atomic E-state index is 13.0. The molecular weight excluding hydrogens is 475 g/mol. The number of nitrogens with zero attached hydrogens (tertiary/aromatic N) is 5. The van der Waals surface area contributed by atoms with Crippen LogP contribution in [0.25, 0.3) is 11.0 Å². The molecule has 2 saturated heterocycles. The van der Waals surface area contributed by atoms with Crippen LogP contribution in [0.1, 0.15) is 25.8 Å². The van der Waals surface area contributed by atoms with Crippen LogP contribution in [0.15, 0.2) is 41.5 Å². The second kappa shape index (κ2) is 9.85. The van der Waals surface area contributed by atoms with E-state index < -0.39 is 0 Å². The molecule has 1 aromatic carbocycles. The van der Waals surface area contributed by atoms with Gasteiger partial charge in [0.1, 0.15) is 5.52 Å². The van der Waals surface area contributed by atoms with Gasteiger partial charge in [-0.25, -0.2) is 4.68 Å². The fourth-order valence-electron chi connectivity index (χ4n) is 5.27. The van der Waals surface area contributed by atoms with E-state index in [0.717, 1.165) is 36.1 Å². The Kier molecular flexibility index (Phi) is 6.84. The van der Waals surface area contributed by atoms with Crippen LogP contribution in [-0.2, 0) is 4.79 Å². The van der Waals surface area contributed by atoms with Crippen LogP contribution in [0, 0.1) is 5.92 Å². The van der Waals surface area contributed by atoms with E-state index in [-0.39, 0.29) is 41.9 Å². The molecule has 0 radical (unpaired) electrons. The number of piperazine rings is 1. The summed E-state index contributed by atoms with van der Waals surface area (Å²) in [4.78, 5) is 17.0. The van der Waals surface area contributed by atoms with Gasteiger partial charge in [-0.15, -0.1) is 16.7 Å². The molecule has 3 unspecified atom stereocenters. The lowest BCUT2D eigenvalue weighted by molar-refractivity contribution is -0.136. The molecule has 1 aromatic heterocycles. The van der Waals surface area contributed by atoms with Crippen molar-refractivity contribution >= 4 is 45.8 Å². The maximum absolute atomic E-state index is 13.0. The van der Waals surface area contributed by atoms with E-state index in [1.807, 2.05) is 39.9 Å². The second-order valence-electron chi connectivity index (χ2n) is 9.34. The Balaban J connectivity index is 1.35. The highest BCUT2D eigenvalue weighted by molar-refractivity contribution is 6.32. The molecule has 2 aliphatic heterocycles. The van der Waals surface area contributed by atoms with Gasteiger partial charge in [-0.05, 0) is 56.7 Å². The average Bonchev–Trinajstić information content (AvgIpc) is 3.53. The minimum absolute atomic E-state index is 0.0152. The van der Waals surface area contributed by atoms with Gasteiger partial charge in [-0.1, -0.05) is 22.9 Å². The quantitative estimate of drug-likeness (QED) is 0.608. The van der Waals surface area contributed by atoms with Crippen molar-refractivity contribution in [2.75, 3.05) is 37.7 Å². The highest BCUT2D eigenvalue weighted by atomic mass is 35.5. The van der Waals surface area contributed by atoms with Crippen molar-refractivity contribution in [2.45, 2.75) is 43.3 Å². The van der Waals surface area contributed by atoms with E-state index in [1.165, 1.54) is 0 Å². The van der Waals surface area contributed by atoms with Crippen molar-refractivity contribution in [1.82, 2.24) is 25.2 Å². The molecule has 8 nitrogen and oxygen atoms in total. The van der Waals surface area contributed by atoms with E-state index in [0.29, 0.717) is 24.7 Å². The molecule has 0 saturated carbocycles. The van der Waals surface area contributed by atoms with Crippen molar-refractivity contribution in [3.63, 3.8) is 0 Å². The SMILES string of the molecule is CC(C1C=CC(Cl)=CC1Cl)n1nnc2ccc(N3CCN(C(=O)[C@H]4CCCN4)[C@H](CO)C3)cc21. The van der Waals surface area contributed by atoms with Gasteiger partial charge in [0.25, 0.3) is 0 Å². The molecular formula is C24H30Cl2N6O2. The number of aliphatic hydroxyl groups excluding tert-OH is 1. The number of anilines is 1. The number of fused-ring (bicyclic) bond motifs is 1. The lowest BCUT2D eigenvalue weighted by Crippen LogP contribution is -2.59. The molecule has 1 amide bonds. The number of rotatable bonds is 5. The first kappa shape index (κ1) is 23.6. The van der Waals surface area contributed by atoms with Crippen LogP contribution >= 0.6 is 23.2 Å². The summed E-state index contributed by atoms with van der Waals surface area (Å²) in [6, 6.07) is 5.73. The number of aliphatic hydroxyl groups is 1. The van der Waals surface area contributed by atoms with Gasteiger partial charge >= 0.3 is 0 Å². The summed E-state index contributed by atoms with van der Waals surface area (Å²) >= 11 is 12.7. The molecule has 182 valence electrons. The predicted molar refractivity (Wildman–Crippen MR) is 134 cm³/mol. The fraction of sp³-hybridized carbons (Fsp3) is 0.542. The van der Waals surface area contributed by atoms with Crippen molar-refractivity contribution < 1.29 is 9.90 Å². The Hall–Kier alpha value is -2.13. The van der Waals surface area contributed by atoms with Crippen LogP contribution in [0.2, 0.25) is 0 Å². The topological polar surface area (TPSA) is 86.5 Å². The number of aromatic nitrogens is 3. The summed E-state index contributed by atoms with van der Waals surface area (Å²) in [5, 5.41) is 22.5. The minimum Gasteiger partial charge on any atom is -0.394 e. The molecule has 3 heterocycles. The highest BCUT2D eigenvalue weighted by Gasteiger charge is 2.35. The molecule has 0 bridgehead atoms. The lowest BCUT2D eigenvalue weighted by atomic mass is 9.93. The number of nitrogens with one attached hydrogen (secondary N) is 1. The van der Waals surface area contributed by atoms with Gasteiger partial charge < -0.3 is 20.2 Å². The summed E-state index contributed by atoms with van der Waals surface area (Å²) in [6.07, 6.45) is 7.65. The highest BCUT2D eigenvalue weighted by Crippen LogP contribution is 2.34. The Morgan fingerprint density at radius 1 is 1.35 bits per heavy atom. The van der Waals surface area contributed by atoms with Crippen molar-refractivity contribution in [1.29, 1.82) is 0 Å². The van der Waals surface area contributed by atoms with E-state index in [9.17, 15) is 9.90 Å². The standard InChI is InChI=1S/C24H30Cl2N6O2/c1-15(19-6-4-16(25)11-20(19)26)32-23-12-17(5-7-21(23)28-29-32)30-9-10-31(18(13-30)14-33)24(34)22-3-2-8-27-22/h4-7,11-12,15,18-20,22,27,33H,2-3,8-10,13-14H2,1H3/t15?,18-,19?,20?,22+/m0/s1. The van der Waals surface area contributed by atoms with Gasteiger partial charge in [-0.3, -0.25) is 4.79 Å². The number of carbonyl (C=O) groups is 1. The van der Waals surface area contributed by atoms with Crippen molar-refractivity contribution in [2.24, 2.45) is 5.92 Å². The van der Waals surface area contributed by atoms with Gasteiger partial charge in [0, 0.05) is 36.3 Å². The first-order valence-corrected chi connectivity index (χ1v) is 12.7. The van der Waals surface area contributed by atoms with Crippen molar-refractivity contribution in [3.8, 4) is 0 Å². The molecule has 2 N–H and O–H groups in total. The lowest BCUT2D eigenvalue weighted by Gasteiger charge is -2.42. The fourth-order valence-corrected chi connectivity index (χ4v) is 5.97. The number of hydrogen-bond donors (Lipinski definition) is 2. The summed E-state index contributed by atoms with van der Waals surface area (Å²) in [5.74, 6) is 0.142. The largest absolute Gasteiger partial charge is 0.394 e. The molecule has 0 spiro atoms. The molecule has 2 aromatic rings. The normalized spacial score (nSPS) is 28.4. The van der Waals surface area contributed by atoms with Gasteiger partial charge in [0.05, 0.1) is 35.6 Å². The molecule has 5 atom stereocenters. The third kappa shape index (κ3) is 4.44. The average molecular weight is 505 g/mol. The van der Waals surface area contributed by atoms with Gasteiger partial charge in [-0.2, -0.15) is 0 Å².